The number of rotatable bonds is 5. The molecule has 1 saturated heterocycles. The number of hydrogen-bond acceptors (Lipinski definition) is 5. The fourth-order valence-corrected chi connectivity index (χ4v) is 2.36. The molecule has 6 heteroatoms. The molecule has 1 aromatic rings. The number of carboxylic acid groups (broad SMARTS) is 1. The molecule has 104 valence electrons. The maximum atomic E-state index is 10.9. The highest BCUT2D eigenvalue weighted by molar-refractivity contribution is 5.88. The van der Waals surface area contributed by atoms with Gasteiger partial charge in [0.25, 0.3) is 0 Å². The average Bonchev–Trinajstić information content (AvgIpc) is 2.83. The first-order valence-corrected chi connectivity index (χ1v) is 6.54. The van der Waals surface area contributed by atoms with E-state index in [-0.39, 0.29) is 5.56 Å². The van der Waals surface area contributed by atoms with Crippen LogP contribution in [0.1, 0.15) is 35.8 Å². The van der Waals surface area contributed by atoms with Gasteiger partial charge in [0.05, 0.1) is 17.4 Å². The van der Waals surface area contributed by atoms with Crippen molar-refractivity contribution >= 4 is 11.9 Å². The number of anilines is 1. The molecular formula is C13H19N3O3. The molecule has 6 nitrogen and oxygen atoms in total. The Balaban J connectivity index is 1.96. The molecule has 0 saturated carbocycles. The molecule has 2 unspecified atom stereocenters. The largest absolute Gasteiger partial charge is 0.478 e. The van der Waals surface area contributed by atoms with E-state index in [1.807, 2.05) is 0 Å². The van der Waals surface area contributed by atoms with Crippen molar-refractivity contribution in [3.05, 3.63) is 17.5 Å². The minimum atomic E-state index is -1.00. The van der Waals surface area contributed by atoms with Gasteiger partial charge in [-0.15, -0.1) is 0 Å². The van der Waals surface area contributed by atoms with Crippen molar-refractivity contribution < 1.29 is 14.6 Å². The predicted molar refractivity (Wildman–Crippen MR) is 70.4 cm³/mol. The van der Waals surface area contributed by atoms with E-state index in [0.29, 0.717) is 23.7 Å². The fourth-order valence-electron chi connectivity index (χ4n) is 2.36. The summed E-state index contributed by atoms with van der Waals surface area (Å²) in [6, 6.07) is 0. The summed E-state index contributed by atoms with van der Waals surface area (Å²) in [6.07, 6.45) is 3.68. The number of aromatic carboxylic acids is 1. The maximum absolute atomic E-state index is 10.9. The van der Waals surface area contributed by atoms with Crippen molar-refractivity contribution in [3.8, 4) is 0 Å². The van der Waals surface area contributed by atoms with E-state index in [1.54, 1.807) is 6.92 Å². The zero-order valence-electron chi connectivity index (χ0n) is 11.2. The summed E-state index contributed by atoms with van der Waals surface area (Å²) >= 11 is 0. The molecule has 0 amide bonds. The number of carbonyl (C=O) groups is 1. The van der Waals surface area contributed by atoms with Gasteiger partial charge in [0.2, 0.25) is 5.95 Å². The van der Waals surface area contributed by atoms with Gasteiger partial charge >= 0.3 is 5.97 Å². The summed E-state index contributed by atoms with van der Waals surface area (Å²) in [5.41, 5.74) is 0.612. The van der Waals surface area contributed by atoms with Gasteiger partial charge < -0.3 is 15.2 Å². The van der Waals surface area contributed by atoms with Crippen molar-refractivity contribution in [3.63, 3.8) is 0 Å². The Kier molecular flexibility index (Phi) is 4.31. The fraction of sp³-hybridized carbons (Fsp3) is 0.615. The highest BCUT2D eigenvalue weighted by atomic mass is 16.5. The van der Waals surface area contributed by atoms with Crippen LogP contribution in [0.5, 0.6) is 0 Å². The molecule has 1 fully saturated rings. The Morgan fingerprint density at radius 1 is 1.63 bits per heavy atom. The molecule has 1 aromatic heterocycles. The molecule has 2 heterocycles. The summed E-state index contributed by atoms with van der Waals surface area (Å²) in [4.78, 5) is 19.1. The third-order valence-electron chi connectivity index (χ3n) is 3.48. The van der Waals surface area contributed by atoms with Crippen molar-refractivity contribution in [1.82, 2.24) is 9.97 Å². The number of ether oxygens (including phenoxy) is 1. The van der Waals surface area contributed by atoms with Crippen molar-refractivity contribution in [2.75, 3.05) is 18.5 Å². The number of hydrogen-bond donors (Lipinski definition) is 2. The standard InChI is InChI=1S/C13H19N3O3/c1-3-11-9(4-5-19-11)6-14-13-15-7-10(12(17)18)8(2)16-13/h7,9,11H,3-6H2,1-2H3,(H,17,18)(H,14,15,16). The summed E-state index contributed by atoms with van der Waals surface area (Å²) in [5, 5.41) is 12.1. The normalized spacial score (nSPS) is 22.4. The first kappa shape index (κ1) is 13.7. The van der Waals surface area contributed by atoms with E-state index in [1.165, 1.54) is 6.20 Å². The lowest BCUT2D eigenvalue weighted by Gasteiger charge is -2.17. The highest BCUT2D eigenvalue weighted by Gasteiger charge is 2.26. The Bertz CT molecular complexity index is 464. The second-order valence-corrected chi connectivity index (χ2v) is 4.74. The first-order chi connectivity index (χ1) is 9.11. The van der Waals surface area contributed by atoms with Crippen LogP contribution in [0.15, 0.2) is 6.20 Å². The first-order valence-electron chi connectivity index (χ1n) is 6.54. The molecule has 1 aliphatic heterocycles. The zero-order valence-corrected chi connectivity index (χ0v) is 11.2. The van der Waals surface area contributed by atoms with Crippen LogP contribution in [0, 0.1) is 12.8 Å². The third kappa shape index (κ3) is 3.20. The SMILES string of the molecule is CCC1OCCC1CNc1ncc(C(=O)O)c(C)n1. The van der Waals surface area contributed by atoms with E-state index < -0.39 is 5.97 Å². The lowest BCUT2D eigenvalue weighted by Crippen LogP contribution is -2.23. The minimum Gasteiger partial charge on any atom is -0.478 e. The van der Waals surface area contributed by atoms with E-state index in [4.69, 9.17) is 9.84 Å². The van der Waals surface area contributed by atoms with Gasteiger partial charge in [-0.25, -0.2) is 14.8 Å². The van der Waals surface area contributed by atoms with Crippen LogP contribution < -0.4 is 5.32 Å². The Morgan fingerprint density at radius 3 is 3.05 bits per heavy atom. The van der Waals surface area contributed by atoms with E-state index in [2.05, 4.69) is 22.2 Å². The Hall–Kier alpha value is -1.69. The van der Waals surface area contributed by atoms with Crippen LogP contribution >= 0.6 is 0 Å². The maximum Gasteiger partial charge on any atom is 0.339 e. The zero-order chi connectivity index (χ0) is 13.8. The van der Waals surface area contributed by atoms with Gasteiger partial charge in [-0.2, -0.15) is 0 Å². The number of carboxylic acids is 1. The molecule has 2 rings (SSSR count). The molecule has 0 bridgehead atoms. The Morgan fingerprint density at radius 2 is 2.42 bits per heavy atom. The number of nitrogens with zero attached hydrogens (tertiary/aromatic N) is 2. The second kappa shape index (κ2) is 5.97. The smallest absolute Gasteiger partial charge is 0.339 e. The van der Waals surface area contributed by atoms with Gasteiger partial charge in [-0.3, -0.25) is 0 Å². The molecule has 19 heavy (non-hydrogen) atoms. The highest BCUT2D eigenvalue weighted by Crippen LogP contribution is 2.23. The topological polar surface area (TPSA) is 84.3 Å². The van der Waals surface area contributed by atoms with Gasteiger partial charge in [-0.05, 0) is 19.8 Å². The lowest BCUT2D eigenvalue weighted by molar-refractivity contribution is 0.0695. The second-order valence-electron chi connectivity index (χ2n) is 4.74. The minimum absolute atomic E-state index is 0.140. The van der Waals surface area contributed by atoms with Crippen molar-refractivity contribution in [2.24, 2.45) is 5.92 Å². The van der Waals surface area contributed by atoms with Crippen LogP contribution in [-0.4, -0.2) is 40.3 Å². The average molecular weight is 265 g/mol. The number of aromatic nitrogens is 2. The molecule has 0 radical (unpaired) electrons. The number of aryl methyl sites for hydroxylation is 1. The van der Waals surface area contributed by atoms with Crippen molar-refractivity contribution in [1.29, 1.82) is 0 Å². The van der Waals surface area contributed by atoms with Crippen LogP contribution in [0.25, 0.3) is 0 Å². The molecule has 0 spiro atoms. The van der Waals surface area contributed by atoms with Crippen LogP contribution in [-0.2, 0) is 4.74 Å². The summed E-state index contributed by atoms with van der Waals surface area (Å²) < 4.78 is 5.62. The van der Waals surface area contributed by atoms with Crippen molar-refractivity contribution in [2.45, 2.75) is 32.8 Å². The quantitative estimate of drug-likeness (QED) is 0.843. The van der Waals surface area contributed by atoms with Gasteiger partial charge in [0, 0.05) is 25.3 Å². The molecular weight excluding hydrogens is 246 g/mol. The van der Waals surface area contributed by atoms with E-state index >= 15 is 0 Å². The molecule has 0 aromatic carbocycles. The molecule has 1 aliphatic rings. The van der Waals surface area contributed by atoms with Gasteiger partial charge in [0.1, 0.15) is 0 Å². The van der Waals surface area contributed by atoms with Gasteiger partial charge in [0.15, 0.2) is 0 Å². The van der Waals surface area contributed by atoms with Crippen LogP contribution in [0.3, 0.4) is 0 Å². The molecule has 0 aliphatic carbocycles. The molecule has 2 N–H and O–H groups in total. The lowest BCUT2D eigenvalue weighted by atomic mass is 10.00. The third-order valence-corrected chi connectivity index (χ3v) is 3.48. The summed E-state index contributed by atoms with van der Waals surface area (Å²) in [5.74, 6) is -0.0587. The van der Waals surface area contributed by atoms with Gasteiger partial charge in [-0.1, -0.05) is 6.92 Å². The van der Waals surface area contributed by atoms with E-state index in [9.17, 15) is 4.79 Å². The molecule has 2 atom stereocenters. The Labute approximate surface area is 112 Å². The van der Waals surface area contributed by atoms with Crippen LogP contribution in [0.4, 0.5) is 5.95 Å². The van der Waals surface area contributed by atoms with E-state index in [0.717, 1.165) is 26.0 Å². The van der Waals surface area contributed by atoms with Crippen LogP contribution in [0.2, 0.25) is 0 Å². The summed E-state index contributed by atoms with van der Waals surface area (Å²) in [7, 11) is 0. The monoisotopic (exact) mass is 265 g/mol. The summed E-state index contributed by atoms with van der Waals surface area (Å²) in [6.45, 7) is 5.35. The number of nitrogens with one attached hydrogen (secondary N) is 1. The predicted octanol–water partition coefficient (Wildman–Crippen LogP) is 1.71.